The lowest BCUT2D eigenvalue weighted by molar-refractivity contribution is 0.174. The topological polar surface area (TPSA) is 18.5 Å². The summed E-state index contributed by atoms with van der Waals surface area (Å²) in [5, 5.41) is 0. The van der Waals surface area contributed by atoms with Crippen LogP contribution in [-0.2, 0) is 12.8 Å². The summed E-state index contributed by atoms with van der Waals surface area (Å²) in [6, 6.07) is 16.4. The van der Waals surface area contributed by atoms with Gasteiger partial charge in [-0.1, -0.05) is 36.4 Å². The highest BCUT2D eigenvalue weighted by atomic mass is 16.7. The van der Waals surface area contributed by atoms with Crippen LogP contribution in [-0.4, -0.2) is 6.79 Å². The van der Waals surface area contributed by atoms with E-state index in [1.165, 1.54) is 19.3 Å². The van der Waals surface area contributed by atoms with Crippen LogP contribution in [0.1, 0.15) is 17.5 Å². The first-order valence-corrected chi connectivity index (χ1v) is 6.35. The third-order valence-electron chi connectivity index (χ3n) is 3.29. The molecular formula is C16H16O2. The molecule has 0 radical (unpaired) electrons. The molecule has 0 fully saturated rings. The summed E-state index contributed by atoms with van der Waals surface area (Å²) < 4.78 is 10.2. The van der Waals surface area contributed by atoms with Gasteiger partial charge in [0, 0.05) is 0 Å². The van der Waals surface area contributed by atoms with Gasteiger partial charge in [0.25, 0.3) is 0 Å². The average molecular weight is 240 g/mol. The van der Waals surface area contributed by atoms with Gasteiger partial charge < -0.3 is 9.47 Å². The molecule has 1 aliphatic heterocycles. The lowest BCUT2D eigenvalue weighted by Gasteiger charge is -1.93. The molecule has 1 aliphatic carbocycles. The van der Waals surface area contributed by atoms with Gasteiger partial charge >= 0.3 is 0 Å². The van der Waals surface area contributed by atoms with E-state index in [1.807, 2.05) is 24.3 Å². The van der Waals surface area contributed by atoms with Crippen LogP contribution >= 0.6 is 0 Å². The lowest BCUT2D eigenvalue weighted by Crippen LogP contribution is -1.92. The highest BCUT2D eigenvalue weighted by Gasteiger charge is 2.09. The second kappa shape index (κ2) is 5.13. The average Bonchev–Trinajstić information content (AvgIpc) is 3.08. The predicted octanol–water partition coefficient (Wildman–Crippen LogP) is 3.59. The molecule has 0 spiro atoms. The van der Waals surface area contributed by atoms with E-state index in [1.54, 1.807) is 11.1 Å². The van der Waals surface area contributed by atoms with Crippen LogP contribution in [0, 0.1) is 0 Å². The normalized spacial score (nSPS) is 14.7. The first-order valence-electron chi connectivity index (χ1n) is 6.35. The van der Waals surface area contributed by atoms with E-state index in [0.717, 1.165) is 11.5 Å². The zero-order valence-corrected chi connectivity index (χ0v) is 10.3. The lowest BCUT2D eigenvalue weighted by atomic mass is 10.1. The fourth-order valence-corrected chi connectivity index (χ4v) is 2.36. The van der Waals surface area contributed by atoms with Crippen LogP contribution in [0.4, 0.5) is 0 Å². The largest absolute Gasteiger partial charge is 0.454 e. The van der Waals surface area contributed by atoms with E-state index in [4.69, 9.17) is 9.47 Å². The van der Waals surface area contributed by atoms with Crippen molar-refractivity contribution in [2.45, 2.75) is 19.3 Å². The van der Waals surface area contributed by atoms with Crippen molar-refractivity contribution in [3.8, 4) is 11.5 Å². The Labute approximate surface area is 107 Å². The zero-order valence-electron chi connectivity index (χ0n) is 10.3. The summed E-state index contributed by atoms with van der Waals surface area (Å²) in [7, 11) is 0. The van der Waals surface area contributed by atoms with Crippen molar-refractivity contribution in [1.82, 2.24) is 0 Å². The Morgan fingerprint density at radius 1 is 0.667 bits per heavy atom. The SMILES string of the molecule is c1ccc2c(c1)CCC2.c1ccc2c(c1)OCO2. The van der Waals surface area contributed by atoms with Crippen LogP contribution in [0.15, 0.2) is 48.5 Å². The first-order chi connectivity index (χ1) is 8.93. The Bertz CT molecular complexity index is 439. The van der Waals surface area contributed by atoms with Crippen LogP contribution in [0.25, 0.3) is 0 Å². The molecule has 2 nitrogen and oxygen atoms in total. The molecule has 0 saturated heterocycles. The van der Waals surface area contributed by atoms with E-state index in [9.17, 15) is 0 Å². The monoisotopic (exact) mass is 240 g/mol. The second-order valence-corrected chi connectivity index (χ2v) is 4.48. The van der Waals surface area contributed by atoms with Crippen LogP contribution < -0.4 is 9.47 Å². The summed E-state index contributed by atoms with van der Waals surface area (Å²) >= 11 is 0. The molecule has 2 aromatic rings. The minimum Gasteiger partial charge on any atom is -0.454 e. The molecule has 2 aromatic carbocycles. The molecule has 0 saturated carbocycles. The molecule has 4 rings (SSSR count). The van der Waals surface area contributed by atoms with Gasteiger partial charge in [-0.25, -0.2) is 0 Å². The Hall–Kier alpha value is -1.96. The standard InChI is InChI=1S/C9H10.C7H6O2/c1-2-5-9-7-3-6-8(9)4-1;1-2-4-7-6(3-1)8-5-9-7/h1-2,4-5H,3,6-7H2;1-4H,5H2. The van der Waals surface area contributed by atoms with E-state index < -0.39 is 0 Å². The number of rotatable bonds is 0. The fraction of sp³-hybridized carbons (Fsp3) is 0.250. The smallest absolute Gasteiger partial charge is 0.231 e. The number of hydrogen-bond donors (Lipinski definition) is 0. The number of fused-ring (bicyclic) bond motifs is 2. The van der Waals surface area contributed by atoms with Crippen LogP contribution in [0.2, 0.25) is 0 Å². The third-order valence-corrected chi connectivity index (χ3v) is 3.29. The molecular weight excluding hydrogens is 224 g/mol. The predicted molar refractivity (Wildman–Crippen MR) is 71.0 cm³/mol. The Morgan fingerprint density at radius 2 is 1.17 bits per heavy atom. The van der Waals surface area contributed by atoms with Gasteiger partial charge in [-0.05, 0) is 42.5 Å². The van der Waals surface area contributed by atoms with Gasteiger partial charge in [-0.3, -0.25) is 0 Å². The van der Waals surface area contributed by atoms with Crippen LogP contribution in [0.5, 0.6) is 11.5 Å². The number of para-hydroxylation sites is 2. The molecule has 0 amide bonds. The van der Waals surface area contributed by atoms with Gasteiger partial charge in [0.1, 0.15) is 0 Å². The fourth-order valence-electron chi connectivity index (χ4n) is 2.36. The van der Waals surface area contributed by atoms with E-state index in [2.05, 4.69) is 24.3 Å². The van der Waals surface area contributed by atoms with Gasteiger partial charge in [0.2, 0.25) is 6.79 Å². The highest BCUT2D eigenvalue weighted by molar-refractivity contribution is 5.40. The molecule has 1 heterocycles. The quantitative estimate of drug-likeness (QED) is 0.700. The van der Waals surface area contributed by atoms with Crippen molar-refractivity contribution in [2.75, 3.05) is 6.79 Å². The maximum atomic E-state index is 5.08. The van der Waals surface area contributed by atoms with E-state index in [0.29, 0.717) is 6.79 Å². The summed E-state index contributed by atoms with van der Waals surface area (Å²) in [4.78, 5) is 0. The molecule has 0 atom stereocenters. The number of hydrogen-bond acceptors (Lipinski definition) is 2. The maximum absolute atomic E-state index is 5.08. The van der Waals surface area contributed by atoms with E-state index >= 15 is 0 Å². The molecule has 0 unspecified atom stereocenters. The molecule has 18 heavy (non-hydrogen) atoms. The van der Waals surface area contributed by atoms with Gasteiger partial charge in [0.15, 0.2) is 11.5 Å². The first kappa shape index (κ1) is 11.1. The Balaban J connectivity index is 0.000000111. The number of benzene rings is 2. The maximum Gasteiger partial charge on any atom is 0.231 e. The molecule has 0 N–H and O–H groups in total. The summed E-state index contributed by atoms with van der Waals surface area (Å²) in [6.45, 7) is 0.360. The minimum absolute atomic E-state index is 0.360. The second-order valence-electron chi connectivity index (χ2n) is 4.48. The molecule has 2 aliphatic rings. The summed E-state index contributed by atoms with van der Waals surface area (Å²) in [6.07, 6.45) is 3.96. The van der Waals surface area contributed by atoms with Crippen molar-refractivity contribution in [1.29, 1.82) is 0 Å². The number of ether oxygens (including phenoxy) is 2. The molecule has 2 heteroatoms. The van der Waals surface area contributed by atoms with Gasteiger partial charge in [0.05, 0.1) is 0 Å². The Kier molecular flexibility index (Phi) is 3.18. The zero-order chi connectivity index (χ0) is 12.2. The Morgan fingerprint density at radius 3 is 1.72 bits per heavy atom. The van der Waals surface area contributed by atoms with E-state index in [-0.39, 0.29) is 0 Å². The van der Waals surface area contributed by atoms with Crippen molar-refractivity contribution in [3.05, 3.63) is 59.7 Å². The third kappa shape index (κ3) is 2.33. The summed E-state index contributed by atoms with van der Waals surface area (Å²) in [5.41, 5.74) is 3.13. The number of aryl methyl sites for hydroxylation is 2. The van der Waals surface area contributed by atoms with Crippen LogP contribution in [0.3, 0.4) is 0 Å². The van der Waals surface area contributed by atoms with Gasteiger partial charge in [-0.2, -0.15) is 0 Å². The van der Waals surface area contributed by atoms with Crippen molar-refractivity contribution in [2.24, 2.45) is 0 Å². The molecule has 0 aromatic heterocycles. The summed E-state index contributed by atoms with van der Waals surface area (Å²) in [5.74, 6) is 1.69. The molecule has 0 bridgehead atoms. The minimum atomic E-state index is 0.360. The molecule has 92 valence electrons. The highest BCUT2D eigenvalue weighted by Crippen LogP contribution is 2.30. The van der Waals surface area contributed by atoms with Crippen molar-refractivity contribution < 1.29 is 9.47 Å². The van der Waals surface area contributed by atoms with Crippen molar-refractivity contribution in [3.63, 3.8) is 0 Å². The van der Waals surface area contributed by atoms with Crippen molar-refractivity contribution >= 4 is 0 Å². The van der Waals surface area contributed by atoms with Gasteiger partial charge in [-0.15, -0.1) is 0 Å².